The van der Waals surface area contributed by atoms with E-state index in [4.69, 9.17) is 11.2 Å². The fourth-order valence-electron chi connectivity index (χ4n) is 7.83. The summed E-state index contributed by atoms with van der Waals surface area (Å²) in [4.78, 5) is 24.9. The molecule has 0 saturated heterocycles. The Bertz CT molecular complexity index is 723. The third-order valence-corrected chi connectivity index (χ3v) is 9.27. The first-order valence-corrected chi connectivity index (χ1v) is 11.0. The van der Waals surface area contributed by atoms with Crippen LogP contribution >= 0.6 is 0 Å². The minimum absolute atomic E-state index is 0.00250. The lowest BCUT2D eigenvalue weighted by Crippen LogP contribution is -2.64. The van der Waals surface area contributed by atoms with Crippen LogP contribution in [-0.2, 0) is 14.3 Å². The molecule has 0 aromatic heterocycles. The van der Waals surface area contributed by atoms with Crippen molar-refractivity contribution in [1.82, 2.24) is 0 Å². The Morgan fingerprint density at radius 1 is 1.21 bits per heavy atom. The quantitative estimate of drug-likeness (QED) is 0.548. The molecule has 4 aliphatic carbocycles. The van der Waals surface area contributed by atoms with E-state index in [1.54, 1.807) is 0 Å². The minimum Gasteiger partial charge on any atom is -0.463 e. The normalized spacial score (nSPS) is 50.5. The minimum atomic E-state index is -1.17. The molecule has 0 heterocycles. The van der Waals surface area contributed by atoms with Crippen LogP contribution in [0, 0.1) is 46.8 Å². The summed E-state index contributed by atoms with van der Waals surface area (Å²) in [5.41, 5.74) is -1.69. The van der Waals surface area contributed by atoms with Gasteiger partial charge in [0.25, 0.3) is 0 Å². The third kappa shape index (κ3) is 2.69. The molecule has 4 heteroatoms. The highest BCUT2D eigenvalue weighted by Crippen LogP contribution is 2.66. The van der Waals surface area contributed by atoms with Gasteiger partial charge >= 0.3 is 5.97 Å². The topological polar surface area (TPSA) is 63.6 Å². The number of ether oxygens (including phenoxy) is 1. The third-order valence-electron chi connectivity index (χ3n) is 9.27. The maximum Gasteiger partial charge on any atom is 0.302 e. The number of carbonyl (C=O) groups is 2. The van der Waals surface area contributed by atoms with Gasteiger partial charge < -0.3 is 9.84 Å². The first-order chi connectivity index (χ1) is 13.1. The molecule has 0 bridgehead atoms. The molecule has 0 aromatic rings. The number of hydrogen-bond acceptors (Lipinski definition) is 4. The Balaban J connectivity index is 1.63. The maximum atomic E-state index is 13.5. The van der Waals surface area contributed by atoms with Crippen molar-refractivity contribution in [3.63, 3.8) is 0 Å². The van der Waals surface area contributed by atoms with E-state index in [1.165, 1.54) is 6.92 Å². The molecule has 0 aromatic carbocycles. The smallest absolute Gasteiger partial charge is 0.302 e. The molecule has 0 spiro atoms. The number of fused-ring (bicyclic) bond motifs is 5. The molecule has 8 atom stereocenters. The van der Waals surface area contributed by atoms with Crippen LogP contribution in [-0.4, -0.2) is 28.6 Å². The number of ketones is 1. The van der Waals surface area contributed by atoms with Gasteiger partial charge in [0.05, 0.1) is 0 Å². The van der Waals surface area contributed by atoms with Gasteiger partial charge in [-0.1, -0.05) is 19.8 Å². The average Bonchev–Trinajstić information content (AvgIpc) is 2.62. The second-order valence-electron chi connectivity index (χ2n) is 10.5. The summed E-state index contributed by atoms with van der Waals surface area (Å²) in [6.07, 6.45) is 13.5. The van der Waals surface area contributed by atoms with Crippen molar-refractivity contribution in [2.24, 2.45) is 34.5 Å². The van der Waals surface area contributed by atoms with E-state index < -0.39 is 11.0 Å². The van der Waals surface area contributed by atoms with Crippen LogP contribution < -0.4 is 0 Å². The van der Waals surface area contributed by atoms with E-state index in [2.05, 4.69) is 19.8 Å². The molecule has 4 aliphatic rings. The van der Waals surface area contributed by atoms with Gasteiger partial charge in [0, 0.05) is 24.7 Å². The Morgan fingerprint density at radius 3 is 2.64 bits per heavy atom. The molecule has 28 heavy (non-hydrogen) atoms. The van der Waals surface area contributed by atoms with Crippen molar-refractivity contribution < 1.29 is 19.4 Å². The molecule has 4 fully saturated rings. The van der Waals surface area contributed by atoms with Crippen LogP contribution in [0.3, 0.4) is 0 Å². The lowest BCUT2D eigenvalue weighted by molar-refractivity contribution is -0.193. The first kappa shape index (κ1) is 20.0. The molecule has 0 amide bonds. The number of carbonyl (C=O) groups excluding carboxylic acids is 2. The molecular formula is C24H34O4. The van der Waals surface area contributed by atoms with E-state index >= 15 is 0 Å². The van der Waals surface area contributed by atoms with E-state index in [9.17, 15) is 14.7 Å². The largest absolute Gasteiger partial charge is 0.463 e. The van der Waals surface area contributed by atoms with Gasteiger partial charge in [0.1, 0.15) is 17.5 Å². The monoisotopic (exact) mass is 386 g/mol. The van der Waals surface area contributed by atoms with Gasteiger partial charge in [-0.2, -0.15) is 0 Å². The molecule has 154 valence electrons. The van der Waals surface area contributed by atoms with Gasteiger partial charge in [0.15, 0.2) is 0 Å². The summed E-state index contributed by atoms with van der Waals surface area (Å²) in [5, 5.41) is 11.2. The highest BCUT2D eigenvalue weighted by molar-refractivity contribution is 5.84. The number of Topliss-reactive ketones (excluding diaryl/α,β-unsaturated/α-hetero) is 1. The van der Waals surface area contributed by atoms with Crippen LogP contribution in [0.5, 0.6) is 0 Å². The summed E-state index contributed by atoms with van der Waals surface area (Å²) in [7, 11) is 0. The Hall–Kier alpha value is -1.34. The van der Waals surface area contributed by atoms with Crippen LogP contribution in [0.2, 0.25) is 0 Å². The van der Waals surface area contributed by atoms with Crippen LogP contribution in [0.1, 0.15) is 78.6 Å². The Morgan fingerprint density at radius 2 is 1.96 bits per heavy atom. The zero-order valence-electron chi connectivity index (χ0n) is 17.5. The van der Waals surface area contributed by atoms with Crippen molar-refractivity contribution in [3.8, 4) is 12.3 Å². The standard InChI is InChI=1S/C24H34O4/c1-5-24(27)11-6-7-19-18-9-8-16-13-17(28-15(2)25)10-12-22(16,3)21(18)20(26)14-23(19,24)4/h1,16-19,21,27H,6-14H2,2-4H3/t16-,17+,18+,19-,21-,22+,23-,24-/m1/s1. The lowest BCUT2D eigenvalue weighted by Gasteiger charge is -2.63. The molecule has 4 rings (SSSR count). The molecule has 4 saturated carbocycles. The summed E-state index contributed by atoms with van der Waals surface area (Å²) in [6, 6.07) is 0. The van der Waals surface area contributed by atoms with Crippen molar-refractivity contribution in [2.75, 3.05) is 0 Å². The van der Waals surface area contributed by atoms with Crippen molar-refractivity contribution in [1.29, 1.82) is 0 Å². The Kier molecular flexibility index (Phi) is 4.70. The van der Waals surface area contributed by atoms with Gasteiger partial charge in [-0.15, -0.1) is 6.42 Å². The van der Waals surface area contributed by atoms with E-state index in [-0.39, 0.29) is 23.4 Å². The number of aliphatic hydroxyl groups is 1. The summed E-state index contributed by atoms with van der Waals surface area (Å²) < 4.78 is 5.51. The van der Waals surface area contributed by atoms with Crippen molar-refractivity contribution in [2.45, 2.75) is 90.3 Å². The summed E-state index contributed by atoms with van der Waals surface area (Å²) in [6.45, 7) is 5.85. The van der Waals surface area contributed by atoms with Crippen LogP contribution in [0.25, 0.3) is 0 Å². The van der Waals surface area contributed by atoms with Gasteiger partial charge in [-0.25, -0.2) is 0 Å². The number of esters is 1. The fourth-order valence-corrected chi connectivity index (χ4v) is 7.83. The van der Waals surface area contributed by atoms with Gasteiger partial charge in [-0.05, 0) is 74.5 Å². The number of terminal acetylenes is 1. The molecule has 0 aliphatic heterocycles. The molecule has 0 radical (unpaired) electrons. The fraction of sp³-hybridized carbons (Fsp3) is 0.833. The van der Waals surface area contributed by atoms with Gasteiger partial charge in [0.2, 0.25) is 0 Å². The average molecular weight is 387 g/mol. The molecule has 0 unspecified atom stereocenters. The first-order valence-electron chi connectivity index (χ1n) is 11.0. The zero-order chi connectivity index (χ0) is 20.3. The lowest BCUT2D eigenvalue weighted by atomic mass is 9.40. The van der Waals surface area contributed by atoms with E-state index in [0.717, 1.165) is 44.9 Å². The second-order valence-corrected chi connectivity index (χ2v) is 10.5. The highest BCUT2D eigenvalue weighted by atomic mass is 16.5. The number of rotatable bonds is 1. The second kappa shape index (κ2) is 6.59. The summed E-state index contributed by atoms with van der Waals surface area (Å²) >= 11 is 0. The Labute approximate surface area is 168 Å². The maximum absolute atomic E-state index is 13.5. The van der Waals surface area contributed by atoms with E-state index in [0.29, 0.717) is 36.4 Å². The summed E-state index contributed by atoms with van der Waals surface area (Å²) in [5.74, 6) is 3.89. The van der Waals surface area contributed by atoms with Crippen molar-refractivity contribution >= 4 is 11.8 Å². The van der Waals surface area contributed by atoms with Crippen LogP contribution in [0.4, 0.5) is 0 Å². The zero-order valence-corrected chi connectivity index (χ0v) is 17.5. The van der Waals surface area contributed by atoms with Crippen molar-refractivity contribution in [3.05, 3.63) is 0 Å². The predicted octanol–water partition coefficient (Wildman–Crippen LogP) is 3.89. The molecular weight excluding hydrogens is 352 g/mol. The number of hydrogen-bond donors (Lipinski definition) is 1. The van der Waals surface area contributed by atoms with Gasteiger partial charge in [-0.3, -0.25) is 9.59 Å². The SMILES string of the molecule is C#C[C@@]1(O)CCC[C@@H]2[C@@H]3CC[C@@H]4C[C@@H](OC(C)=O)CC[C@]4(C)[C@H]3C(=O)C[C@]21C. The van der Waals surface area contributed by atoms with E-state index in [1.807, 2.05) is 0 Å². The molecule has 1 N–H and O–H groups in total. The molecule has 4 nitrogen and oxygen atoms in total. The highest BCUT2D eigenvalue weighted by Gasteiger charge is 2.65. The predicted molar refractivity (Wildman–Crippen MR) is 106 cm³/mol. The van der Waals surface area contributed by atoms with Crippen LogP contribution in [0.15, 0.2) is 0 Å².